The summed E-state index contributed by atoms with van der Waals surface area (Å²) in [6.45, 7) is 2.47. The number of benzene rings is 1. The molecule has 1 amide bonds. The summed E-state index contributed by atoms with van der Waals surface area (Å²) < 4.78 is 0. The Balaban J connectivity index is 0.00000200. The van der Waals surface area contributed by atoms with Gasteiger partial charge in [0, 0.05) is 23.5 Å². The first-order valence-electron chi connectivity index (χ1n) is 6.13. The van der Waals surface area contributed by atoms with Crippen molar-refractivity contribution in [2.75, 3.05) is 0 Å². The van der Waals surface area contributed by atoms with Gasteiger partial charge in [0.05, 0.1) is 11.6 Å². The Hall–Kier alpha value is -1.14. The Morgan fingerprint density at radius 2 is 2.00 bits per heavy atom. The number of nitrogens with two attached hydrogens (primary N) is 1. The number of amides is 1. The van der Waals surface area contributed by atoms with E-state index in [4.69, 9.17) is 5.73 Å². The lowest BCUT2D eigenvalue weighted by molar-refractivity contribution is -0.121. The summed E-state index contributed by atoms with van der Waals surface area (Å²) in [4.78, 5) is 17.0. The van der Waals surface area contributed by atoms with Gasteiger partial charge in [0.2, 0.25) is 5.91 Å². The molecule has 0 radical (unpaired) electrons. The first-order valence-corrected chi connectivity index (χ1v) is 6.95. The Morgan fingerprint density at radius 1 is 1.33 bits per heavy atom. The van der Waals surface area contributed by atoms with Crippen LogP contribution in [0.25, 0.3) is 0 Å². The van der Waals surface area contributed by atoms with Gasteiger partial charge in [0.25, 0.3) is 0 Å². The summed E-state index contributed by atoms with van der Waals surface area (Å²) >= 11 is 1.59. The van der Waals surface area contributed by atoms with Crippen LogP contribution in [0.15, 0.2) is 36.5 Å². The summed E-state index contributed by atoms with van der Waals surface area (Å²) in [6, 6.07) is 9.39. The number of halogens is 2. The Labute approximate surface area is 141 Å². The van der Waals surface area contributed by atoms with E-state index in [1.54, 1.807) is 17.5 Å². The molecule has 0 bridgehead atoms. The molecule has 1 heterocycles. The van der Waals surface area contributed by atoms with Gasteiger partial charge in [-0.3, -0.25) is 4.79 Å². The van der Waals surface area contributed by atoms with E-state index >= 15 is 0 Å². The quantitative estimate of drug-likeness (QED) is 0.873. The van der Waals surface area contributed by atoms with Gasteiger partial charge in [-0.15, -0.1) is 36.2 Å². The van der Waals surface area contributed by atoms with Crippen LogP contribution >= 0.6 is 36.2 Å². The molecule has 0 aliphatic heterocycles. The first-order chi connectivity index (χ1) is 9.15. The third-order valence-electron chi connectivity index (χ3n) is 2.76. The summed E-state index contributed by atoms with van der Waals surface area (Å²) in [5.41, 5.74) is 6.98. The summed E-state index contributed by atoms with van der Waals surface area (Å²) in [5, 5.41) is 3.87. The van der Waals surface area contributed by atoms with Gasteiger partial charge in [-0.05, 0) is 12.5 Å². The first kappa shape index (κ1) is 19.9. The molecule has 0 aliphatic rings. The molecule has 2 rings (SSSR count). The minimum Gasteiger partial charge on any atom is -0.351 e. The van der Waals surface area contributed by atoms with Crippen LogP contribution in [0.3, 0.4) is 0 Å². The zero-order valence-electron chi connectivity index (χ0n) is 11.6. The topological polar surface area (TPSA) is 68.0 Å². The Morgan fingerprint density at radius 3 is 2.57 bits per heavy atom. The molecular weight excluding hydrogens is 329 g/mol. The van der Waals surface area contributed by atoms with E-state index in [0.29, 0.717) is 13.0 Å². The van der Waals surface area contributed by atoms with Crippen molar-refractivity contribution in [3.05, 3.63) is 52.0 Å². The lowest BCUT2D eigenvalue weighted by Crippen LogP contribution is -2.26. The molecule has 0 saturated carbocycles. The van der Waals surface area contributed by atoms with Crippen LogP contribution in [0.2, 0.25) is 0 Å². The summed E-state index contributed by atoms with van der Waals surface area (Å²) in [7, 11) is 0. The second-order valence-electron chi connectivity index (χ2n) is 4.34. The fraction of sp³-hybridized carbons (Fsp3) is 0.286. The number of carbonyl (C=O) groups excluding carboxylic acids is 1. The molecule has 1 unspecified atom stereocenters. The fourth-order valence-electron chi connectivity index (χ4n) is 1.76. The normalized spacial score (nSPS) is 11.0. The third kappa shape index (κ3) is 6.44. The second-order valence-corrected chi connectivity index (χ2v) is 5.66. The van der Waals surface area contributed by atoms with Crippen molar-refractivity contribution in [2.45, 2.75) is 25.9 Å². The molecule has 21 heavy (non-hydrogen) atoms. The van der Waals surface area contributed by atoms with Gasteiger partial charge in [-0.1, -0.05) is 30.3 Å². The number of aromatic nitrogens is 1. The molecule has 4 nitrogen and oxygen atoms in total. The van der Waals surface area contributed by atoms with Crippen molar-refractivity contribution >= 4 is 42.1 Å². The molecule has 1 aromatic carbocycles. The lowest BCUT2D eigenvalue weighted by Gasteiger charge is -2.11. The summed E-state index contributed by atoms with van der Waals surface area (Å²) in [6.07, 6.45) is 2.08. The highest BCUT2D eigenvalue weighted by Gasteiger charge is 2.11. The van der Waals surface area contributed by atoms with Gasteiger partial charge in [0.15, 0.2) is 0 Å². The van der Waals surface area contributed by atoms with Crippen molar-refractivity contribution in [3.8, 4) is 0 Å². The van der Waals surface area contributed by atoms with Crippen LogP contribution < -0.4 is 11.1 Å². The number of nitrogens with one attached hydrogen (secondary N) is 1. The average molecular weight is 348 g/mol. The number of aryl methyl sites for hydroxylation is 1. The van der Waals surface area contributed by atoms with E-state index in [-0.39, 0.29) is 36.8 Å². The van der Waals surface area contributed by atoms with Gasteiger partial charge < -0.3 is 11.1 Å². The maximum Gasteiger partial charge on any atom is 0.222 e. The zero-order valence-corrected chi connectivity index (χ0v) is 14.1. The Kier molecular flexibility index (Phi) is 9.21. The highest BCUT2D eigenvalue weighted by molar-refractivity contribution is 7.11. The van der Waals surface area contributed by atoms with E-state index in [9.17, 15) is 4.79 Å². The number of hydrogen-bond acceptors (Lipinski definition) is 4. The van der Waals surface area contributed by atoms with Gasteiger partial charge >= 0.3 is 0 Å². The van der Waals surface area contributed by atoms with Crippen LogP contribution in [0.1, 0.15) is 27.9 Å². The molecule has 116 valence electrons. The molecule has 0 aliphatic carbocycles. The maximum absolute atomic E-state index is 11.8. The standard InChI is InChI=1S/C14H17N3OS.2ClH/c1-10-16-8-12(19-10)9-17-14(18)7-13(15)11-5-3-2-4-6-11;;/h2-6,8,13H,7,9,15H2,1H3,(H,17,18);2*1H. The highest BCUT2D eigenvalue weighted by Crippen LogP contribution is 2.14. The molecule has 1 aromatic heterocycles. The van der Waals surface area contributed by atoms with Crippen LogP contribution in [0.4, 0.5) is 0 Å². The predicted octanol–water partition coefficient (Wildman–Crippen LogP) is 3.00. The van der Waals surface area contributed by atoms with Crippen LogP contribution in [-0.2, 0) is 11.3 Å². The minimum atomic E-state index is -0.260. The smallest absolute Gasteiger partial charge is 0.222 e. The molecule has 2 aromatic rings. The van der Waals surface area contributed by atoms with Crippen molar-refractivity contribution in [1.29, 1.82) is 0 Å². The van der Waals surface area contributed by atoms with Gasteiger partial charge in [-0.2, -0.15) is 0 Å². The number of carbonyl (C=O) groups is 1. The van der Waals surface area contributed by atoms with Crippen molar-refractivity contribution in [2.24, 2.45) is 5.73 Å². The summed E-state index contributed by atoms with van der Waals surface area (Å²) in [5.74, 6) is -0.0394. The van der Waals surface area contributed by atoms with E-state index < -0.39 is 0 Å². The third-order valence-corrected chi connectivity index (χ3v) is 3.67. The van der Waals surface area contributed by atoms with Crippen LogP contribution in [-0.4, -0.2) is 10.9 Å². The Bertz CT molecular complexity index is 548. The van der Waals surface area contributed by atoms with E-state index in [1.165, 1.54) is 0 Å². The maximum atomic E-state index is 11.8. The zero-order chi connectivity index (χ0) is 13.7. The van der Waals surface area contributed by atoms with Crippen molar-refractivity contribution in [3.63, 3.8) is 0 Å². The molecule has 3 N–H and O–H groups in total. The van der Waals surface area contributed by atoms with Crippen LogP contribution in [0.5, 0.6) is 0 Å². The van der Waals surface area contributed by atoms with Crippen LogP contribution in [0, 0.1) is 6.92 Å². The molecule has 0 fully saturated rings. The monoisotopic (exact) mass is 347 g/mol. The molecule has 7 heteroatoms. The van der Waals surface area contributed by atoms with Crippen molar-refractivity contribution < 1.29 is 4.79 Å². The number of hydrogen-bond donors (Lipinski definition) is 2. The largest absolute Gasteiger partial charge is 0.351 e. The molecule has 1 atom stereocenters. The number of thiazole rings is 1. The van der Waals surface area contributed by atoms with E-state index in [1.807, 2.05) is 37.3 Å². The van der Waals surface area contributed by atoms with Gasteiger partial charge in [0.1, 0.15) is 0 Å². The fourth-order valence-corrected chi connectivity index (χ4v) is 2.50. The average Bonchev–Trinajstić information content (AvgIpc) is 2.83. The van der Waals surface area contributed by atoms with E-state index in [2.05, 4.69) is 10.3 Å². The van der Waals surface area contributed by atoms with E-state index in [0.717, 1.165) is 15.4 Å². The van der Waals surface area contributed by atoms with Crippen molar-refractivity contribution in [1.82, 2.24) is 10.3 Å². The molecule has 0 spiro atoms. The lowest BCUT2D eigenvalue weighted by atomic mass is 10.0. The second kappa shape index (κ2) is 9.73. The molecular formula is C14H19Cl2N3OS. The minimum absolute atomic E-state index is 0. The van der Waals surface area contributed by atoms with Gasteiger partial charge in [-0.25, -0.2) is 4.98 Å². The highest BCUT2D eigenvalue weighted by atomic mass is 35.5. The number of rotatable bonds is 5. The SMILES string of the molecule is Cc1ncc(CNC(=O)CC(N)c2ccccc2)s1.Cl.Cl. The predicted molar refractivity (Wildman–Crippen MR) is 91.2 cm³/mol. The molecule has 0 saturated heterocycles. The number of nitrogens with zero attached hydrogens (tertiary/aromatic N) is 1.